The van der Waals surface area contributed by atoms with E-state index in [1.54, 1.807) is 10.9 Å². The number of carbonyl (C=O) groups excluding carboxylic acids is 1. The summed E-state index contributed by atoms with van der Waals surface area (Å²) in [4.78, 5) is 11.7. The van der Waals surface area contributed by atoms with Gasteiger partial charge in [-0.2, -0.15) is 5.10 Å². The van der Waals surface area contributed by atoms with Crippen molar-refractivity contribution in [1.82, 2.24) is 15.1 Å². The average Bonchev–Trinajstić information content (AvgIpc) is 2.96. The van der Waals surface area contributed by atoms with Crippen LogP contribution in [0.25, 0.3) is 5.69 Å². The molecule has 0 spiro atoms. The number of hydrogen-bond acceptors (Lipinski definition) is 4. The lowest BCUT2D eigenvalue weighted by atomic mass is 10.3. The van der Waals surface area contributed by atoms with Gasteiger partial charge in [-0.25, -0.2) is 4.68 Å². The number of nitrogens with one attached hydrogen (secondary N) is 1. The second kappa shape index (κ2) is 8.41. The summed E-state index contributed by atoms with van der Waals surface area (Å²) in [5, 5.41) is 7.03. The van der Waals surface area contributed by atoms with E-state index in [1.807, 2.05) is 36.5 Å². The van der Waals surface area contributed by atoms with E-state index in [0.29, 0.717) is 6.54 Å². The molecule has 1 aromatic carbocycles. The molecule has 0 aliphatic heterocycles. The molecule has 1 unspecified atom stereocenters. The monoisotopic (exact) mass is 310 g/mol. The summed E-state index contributed by atoms with van der Waals surface area (Å²) in [6, 6.07) is 9.77. The Morgan fingerprint density at radius 3 is 2.76 bits per heavy atom. The smallest absolute Gasteiger partial charge is 0.250 e. The first kappa shape index (κ1) is 17.2. The van der Waals surface area contributed by atoms with Crippen LogP contribution in [0.1, 0.15) is 5.56 Å². The molecular weight excluding hydrogens is 292 g/mol. The molecule has 1 heterocycles. The van der Waals surface area contributed by atoms with Crippen molar-refractivity contribution in [3.63, 3.8) is 0 Å². The molecule has 0 aliphatic rings. The number of ether oxygens (including phenoxy) is 1. The molecule has 0 saturated carbocycles. The summed E-state index contributed by atoms with van der Waals surface area (Å²) in [6.07, 6.45) is 2.98. The lowest BCUT2D eigenvalue weighted by Gasteiger charge is -2.12. The van der Waals surface area contributed by atoms with Crippen LogP contribution < -0.4 is 11.1 Å². The summed E-state index contributed by atoms with van der Waals surface area (Å²) in [7, 11) is 1.46. The Kier molecular flexibility index (Phi) is 6.87. The Hall–Kier alpha value is -1.89. The number of amides is 1. The largest absolute Gasteiger partial charge is 0.370 e. The van der Waals surface area contributed by atoms with Gasteiger partial charge in [0, 0.05) is 32.0 Å². The van der Waals surface area contributed by atoms with Gasteiger partial charge in [-0.15, -0.1) is 12.4 Å². The normalized spacial score (nSPS) is 11.5. The summed E-state index contributed by atoms with van der Waals surface area (Å²) in [6.45, 7) is 0.553. The maximum atomic E-state index is 11.7. The standard InChI is InChI=1S/C14H18N4O2.ClH/c1-20-13(7-15)14(19)16-8-11-9-17-18(10-11)12-5-3-2-4-6-12;/h2-6,9-10,13H,7-8,15H2,1H3,(H,16,19);1H. The Labute approximate surface area is 129 Å². The minimum Gasteiger partial charge on any atom is -0.370 e. The number of rotatable bonds is 6. The molecule has 1 aromatic heterocycles. The van der Waals surface area contributed by atoms with Crippen LogP contribution in [0.15, 0.2) is 42.7 Å². The highest BCUT2D eigenvalue weighted by Gasteiger charge is 2.15. The van der Waals surface area contributed by atoms with E-state index in [0.717, 1.165) is 11.3 Å². The molecule has 1 amide bonds. The Balaban J connectivity index is 0.00000220. The third-order valence-electron chi connectivity index (χ3n) is 2.91. The van der Waals surface area contributed by atoms with Crippen molar-refractivity contribution < 1.29 is 9.53 Å². The first-order valence-electron chi connectivity index (χ1n) is 6.34. The van der Waals surface area contributed by atoms with Crippen molar-refractivity contribution in [3.8, 4) is 5.69 Å². The number of methoxy groups -OCH3 is 1. The van der Waals surface area contributed by atoms with Gasteiger partial charge in [0.15, 0.2) is 0 Å². The van der Waals surface area contributed by atoms with Crippen molar-refractivity contribution in [3.05, 3.63) is 48.3 Å². The van der Waals surface area contributed by atoms with Gasteiger partial charge in [0.25, 0.3) is 5.91 Å². The topological polar surface area (TPSA) is 82.2 Å². The fourth-order valence-corrected chi connectivity index (χ4v) is 1.79. The molecule has 1 atom stereocenters. The predicted molar refractivity (Wildman–Crippen MR) is 82.5 cm³/mol. The molecule has 114 valence electrons. The van der Waals surface area contributed by atoms with E-state index in [4.69, 9.17) is 10.5 Å². The number of benzene rings is 1. The van der Waals surface area contributed by atoms with Gasteiger partial charge in [0.05, 0.1) is 11.9 Å². The minimum absolute atomic E-state index is 0. The van der Waals surface area contributed by atoms with Crippen LogP contribution in [-0.4, -0.2) is 35.4 Å². The van der Waals surface area contributed by atoms with Gasteiger partial charge in [-0.3, -0.25) is 4.79 Å². The predicted octanol–water partition coefficient (Wildman–Crippen LogP) is 0.884. The molecule has 0 aliphatic carbocycles. The molecular formula is C14H19ClN4O2. The van der Waals surface area contributed by atoms with Gasteiger partial charge >= 0.3 is 0 Å². The van der Waals surface area contributed by atoms with Crippen molar-refractivity contribution in [2.24, 2.45) is 5.73 Å². The van der Waals surface area contributed by atoms with E-state index >= 15 is 0 Å². The van der Waals surface area contributed by atoms with Crippen molar-refractivity contribution in [1.29, 1.82) is 0 Å². The second-order valence-corrected chi connectivity index (χ2v) is 4.31. The average molecular weight is 311 g/mol. The highest BCUT2D eigenvalue weighted by Crippen LogP contribution is 2.07. The zero-order valence-corrected chi connectivity index (χ0v) is 12.5. The van der Waals surface area contributed by atoms with Gasteiger partial charge < -0.3 is 15.8 Å². The van der Waals surface area contributed by atoms with Crippen LogP contribution in [0.3, 0.4) is 0 Å². The van der Waals surface area contributed by atoms with Gasteiger partial charge in [0.2, 0.25) is 0 Å². The molecule has 0 fully saturated rings. The van der Waals surface area contributed by atoms with Crippen LogP contribution in [-0.2, 0) is 16.1 Å². The van der Waals surface area contributed by atoms with Crippen LogP contribution in [0.5, 0.6) is 0 Å². The van der Waals surface area contributed by atoms with Crippen LogP contribution in [0.4, 0.5) is 0 Å². The first-order valence-corrected chi connectivity index (χ1v) is 6.34. The Bertz CT molecular complexity index is 555. The molecule has 6 nitrogen and oxygen atoms in total. The number of nitrogens with zero attached hydrogens (tertiary/aromatic N) is 2. The number of para-hydroxylation sites is 1. The van der Waals surface area contributed by atoms with Crippen molar-refractivity contribution in [2.75, 3.05) is 13.7 Å². The molecule has 2 aromatic rings. The quantitative estimate of drug-likeness (QED) is 0.830. The third kappa shape index (κ3) is 4.56. The maximum Gasteiger partial charge on any atom is 0.250 e. The van der Waals surface area contributed by atoms with Crippen LogP contribution in [0.2, 0.25) is 0 Å². The molecule has 7 heteroatoms. The highest BCUT2D eigenvalue weighted by molar-refractivity contribution is 5.85. The number of halogens is 1. The minimum atomic E-state index is -0.612. The SMILES string of the molecule is COC(CN)C(=O)NCc1cnn(-c2ccccc2)c1.Cl. The number of hydrogen-bond donors (Lipinski definition) is 2. The summed E-state index contributed by atoms with van der Waals surface area (Å²) >= 11 is 0. The summed E-state index contributed by atoms with van der Waals surface area (Å²) in [5.74, 6) is -0.220. The lowest BCUT2D eigenvalue weighted by Crippen LogP contribution is -2.40. The second-order valence-electron chi connectivity index (χ2n) is 4.31. The van der Waals surface area contributed by atoms with Crippen LogP contribution in [0, 0.1) is 0 Å². The fourth-order valence-electron chi connectivity index (χ4n) is 1.79. The molecule has 0 saturated heterocycles. The third-order valence-corrected chi connectivity index (χ3v) is 2.91. The molecule has 2 rings (SSSR count). The Morgan fingerprint density at radius 2 is 2.14 bits per heavy atom. The van der Waals surface area contributed by atoms with Crippen molar-refractivity contribution >= 4 is 18.3 Å². The molecule has 0 radical (unpaired) electrons. The van der Waals surface area contributed by atoms with E-state index in [1.165, 1.54) is 7.11 Å². The molecule has 3 N–H and O–H groups in total. The summed E-state index contributed by atoms with van der Waals surface area (Å²) in [5.41, 5.74) is 7.32. The zero-order chi connectivity index (χ0) is 14.4. The van der Waals surface area contributed by atoms with E-state index in [-0.39, 0.29) is 24.9 Å². The van der Waals surface area contributed by atoms with Gasteiger partial charge in [-0.1, -0.05) is 18.2 Å². The van der Waals surface area contributed by atoms with E-state index in [2.05, 4.69) is 10.4 Å². The van der Waals surface area contributed by atoms with E-state index < -0.39 is 6.10 Å². The van der Waals surface area contributed by atoms with Gasteiger partial charge in [0.1, 0.15) is 6.10 Å². The zero-order valence-electron chi connectivity index (χ0n) is 11.7. The Morgan fingerprint density at radius 1 is 1.43 bits per heavy atom. The van der Waals surface area contributed by atoms with E-state index in [9.17, 15) is 4.79 Å². The number of carbonyl (C=O) groups is 1. The first-order chi connectivity index (χ1) is 9.74. The summed E-state index contributed by atoms with van der Waals surface area (Å²) < 4.78 is 6.73. The molecule has 0 bridgehead atoms. The number of nitrogens with two attached hydrogens (primary N) is 1. The maximum absolute atomic E-state index is 11.7. The lowest BCUT2D eigenvalue weighted by molar-refractivity contribution is -0.130. The van der Waals surface area contributed by atoms with Gasteiger partial charge in [-0.05, 0) is 12.1 Å². The fraction of sp³-hybridized carbons (Fsp3) is 0.286. The number of aromatic nitrogens is 2. The van der Waals surface area contributed by atoms with Crippen LogP contribution >= 0.6 is 12.4 Å². The van der Waals surface area contributed by atoms with Crippen molar-refractivity contribution in [2.45, 2.75) is 12.6 Å². The highest BCUT2D eigenvalue weighted by atomic mass is 35.5. The molecule has 21 heavy (non-hydrogen) atoms.